The lowest BCUT2D eigenvalue weighted by atomic mass is 10.0. The zero-order chi connectivity index (χ0) is 21.2. The number of unbranched alkanes of at least 4 members (excludes halogenated alkanes) is 9. The first kappa shape index (κ1) is 26.4. The van der Waals surface area contributed by atoms with E-state index in [1.54, 1.807) is 0 Å². The van der Waals surface area contributed by atoms with Crippen LogP contribution in [0.3, 0.4) is 0 Å². The number of epoxide rings is 1. The molecule has 1 amide bonds. The van der Waals surface area contributed by atoms with Gasteiger partial charge in [0.25, 0.3) is 0 Å². The number of nitrogens with one attached hydrogen (secondary N) is 1. The highest BCUT2D eigenvalue weighted by molar-refractivity contribution is 5.75. The van der Waals surface area contributed by atoms with Crippen LogP contribution in [0.5, 0.6) is 0 Å². The summed E-state index contributed by atoms with van der Waals surface area (Å²) in [5.74, 6) is 0.0957. The van der Waals surface area contributed by atoms with E-state index in [-0.39, 0.29) is 12.2 Å². The van der Waals surface area contributed by atoms with Gasteiger partial charge in [0.2, 0.25) is 5.91 Å². The summed E-state index contributed by atoms with van der Waals surface area (Å²) in [5.41, 5.74) is 0. The molecule has 2 atom stereocenters. The Labute approximate surface area is 179 Å². The van der Waals surface area contributed by atoms with Crippen LogP contribution in [0.25, 0.3) is 0 Å². The first-order valence-electron chi connectivity index (χ1n) is 12.4. The van der Waals surface area contributed by atoms with Gasteiger partial charge in [0, 0.05) is 19.6 Å². The smallest absolute Gasteiger partial charge is 0.220 e. The summed E-state index contributed by atoms with van der Waals surface area (Å²) in [4.78, 5) is 11.9. The van der Waals surface area contributed by atoms with Crippen molar-refractivity contribution in [3.63, 3.8) is 0 Å². The number of hydrogen-bond acceptors (Lipinski definition) is 4. The molecule has 0 radical (unpaired) electrons. The maximum absolute atomic E-state index is 11.9. The van der Waals surface area contributed by atoms with Crippen LogP contribution in [0.2, 0.25) is 0 Å². The van der Waals surface area contributed by atoms with Gasteiger partial charge in [0.15, 0.2) is 6.29 Å². The normalized spacial score (nSPS) is 18.3. The molecular formula is C24H47NO4. The molecule has 1 fully saturated rings. The second-order valence-corrected chi connectivity index (χ2v) is 8.22. The fourth-order valence-electron chi connectivity index (χ4n) is 3.80. The fourth-order valence-corrected chi connectivity index (χ4v) is 3.80. The van der Waals surface area contributed by atoms with E-state index in [2.05, 4.69) is 12.2 Å². The summed E-state index contributed by atoms with van der Waals surface area (Å²) >= 11 is 0. The molecule has 1 N–H and O–H groups in total. The maximum Gasteiger partial charge on any atom is 0.220 e. The SMILES string of the molecule is CCCCCCCCC1OC1CCCCCCCC(=O)NCC(OCC)OCC. The number of amides is 1. The molecule has 0 aliphatic carbocycles. The molecule has 1 aliphatic heterocycles. The Morgan fingerprint density at radius 1 is 0.793 bits per heavy atom. The Morgan fingerprint density at radius 3 is 1.86 bits per heavy atom. The van der Waals surface area contributed by atoms with Crippen molar-refractivity contribution < 1.29 is 19.0 Å². The summed E-state index contributed by atoms with van der Waals surface area (Å²) < 4.78 is 16.7. The molecule has 0 aromatic rings. The van der Waals surface area contributed by atoms with Crippen molar-refractivity contribution in [3.8, 4) is 0 Å². The Balaban J connectivity index is 1.85. The van der Waals surface area contributed by atoms with Crippen LogP contribution in [0.1, 0.15) is 111 Å². The Morgan fingerprint density at radius 2 is 1.31 bits per heavy atom. The molecule has 29 heavy (non-hydrogen) atoms. The summed E-state index contributed by atoms with van der Waals surface area (Å²) in [5, 5.41) is 2.91. The Kier molecular flexibility index (Phi) is 16.5. The van der Waals surface area contributed by atoms with E-state index in [1.807, 2.05) is 13.8 Å². The van der Waals surface area contributed by atoms with Gasteiger partial charge in [-0.3, -0.25) is 4.79 Å². The standard InChI is InChI=1S/C24H47NO4/c1-4-7-8-9-11-14-17-21-22(29-21)18-15-12-10-13-16-19-23(26)25-20-24(27-5-2)28-6-3/h21-22,24H,4-20H2,1-3H3,(H,25,26). The molecule has 1 aliphatic rings. The van der Waals surface area contributed by atoms with Crippen molar-refractivity contribution in [1.82, 2.24) is 5.32 Å². The second kappa shape index (κ2) is 18.1. The van der Waals surface area contributed by atoms with Gasteiger partial charge in [-0.25, -0.2) is 0 Å². The van der Waals surface area contributed by atoms with Crippen molar-refractivity contribution in [2.24, 2.45) is 0 Å². The average Bonchev–Trinajstić information content (AvgIpc) is 3.46. The highest BCUT2D eigenvalue weighted by Crippen LogP contribution is 2.31. The quantitative estimate of drug-likeness (QED) is 0.148. The van der Waals surface area contributed by atoms with E-state index in [0.29, 0.717) is 38.4 Å². The number of ether oxygens (including phenoxy) is 3. The molecule has 172 valence electrons. The van der Waals surface area contributed by atoms with E-state index in [9.17, 15) is 4.79 Å². The second-order valence-electron chi connectivity index (χ2n) is 8.22. The van der Waals surface area contributed by atoms with Gasteiger partial charge >= 0.3 is 0 Å². The first-order chi connectivity index (χ1) is 14.2. The van der Waals surface area contributed by atoms with Gasteiger partial charge in [0.05, 0.1) is 18.8 Å². The van der Waals surface area contributed by atoms with E-state index in [1.165, 1.54) is 70.6 Å². The lowest BCUT2D eigenvalue weighted by Gasteiger charge is -2.17. The highest BCUT2D eigenvalue weighted by Gasteiger charge is 2.36. The first-order valence-corrected chi connectivity index (χ1v) is 12.4. The maximum atomic E-state index is 11.9. The van der Waals surface area contributed by atoms with E-state index in [4.69, 9.17) is 14.2 Å². The Bertz CT molecular complexity index is 385. The van der Waals surface area contributed by atoms with E-state index >= 15 is 0 Å². The molecule has 1 saturated heterocycles. The van der Waals surface area contributed by atoms with Crippen LogP contribution in [0.15, 0.2) is 0 Å². The zero-order valence-corrected chi connectivity index (χ0v) is 19.4. The predicted molar refractivity (Wildman–Crippen MR) is 119 cm³/mol. The van der Waals surface area contributed by atoms with Crippen molar-refractivity contribution in [2.75, 3.05) is 19.8 Å². The summed E-state index contributed by atoms with van der Waals surface area (Å²) in [6.07, 6.45) is 17.9. The highest BCUT2D eigenvalue weighted by atomic mass is 16.7. The van der Waals surface area contributed by atoms with Gasteiger partial charge in [-0.2, -0.15) is 0 Å². The summed E-state index contributed by atoms with van der Waals surface area (Å²) in [6, 6.07) is 0. The van der Waals surface area contributed by atoms with Crippen molar-refractivity contribution >= 4 is 5.91 Å². The molecule has 5 heteroatoms. The van der Waals surface area contributed by atoms with E-state index in [0.717, 1.165) is 12.8 Å². The molecule has 1 heterocycles. The van der Waals surface area contributed by atoms with Gasteiger partial charge in [-0.1, -0.05) is 71.1 Å². The number of carbonyl (C=O) groups excluding carboxylic acids is 1. The zero-order valence-electron chi connectivity index (χ0n) is 19.4. The fraction of sp³-hybridized carbons (Fsp3) is 0.958. The van der Waals surface area contributed by atoms with Crippen LogP contribution in [0, 0.1) is 0 Å². The van der Waals surface area contributed by atoms with Crippen LogP contribution in [0.4, 0.5) is 0 Å². The third-order valence-electron chi connectivity index (χ3n) is 5.59. The van der Waals surface area contributed by atoms with Crippen LogP contribution in [-0.2, 0) is 19.0 Å². The molecule has 2 unspecified atom stereocenters. The van der Waals surface area contributed by atoms with Crippen molar-refractivity contribution in [3.05, 3.63) is 0 Å². The number of carbonyl (C=O) groups is 1. The molecule has 0 aromatic carbocycles. The molecule has 5 nitrogen and oxygen atoms in total. The molecular weight excluding hydrogens is 366 g/mol. The lowest BCUT2D eigenvalue weighted by Crippen LogP contribution is -2.35. The van der Waals surface area contributed by atoms with E-state index < -0.39 is 0 Å². The molecule has 0 saturated carbocycles. The van der Waals surface area contributed by atoms with Crippen molar-refractivity contribution in [1.29, 1.82) is 0 Å². The van der Waals surface area contributed by atoms with Gasteiger partial charge in [-0.05, 0) is 33.1 Å². The average molecular weight is 414 g/mol. The van der Waals surface area contributed by atoms with Crippen LogP contribution < -0.4 is 5.32 Å². The molecule has 0 bridgehead atoms. The van der Waals surface area contributed by atoms with Gasteiger partial charge in [0.1, 0.15) is 0 Å². The topological polar surface area (TPSA) is 60.1 Å². The third kappa shape index (κ3) is 14.9. The van der Waals surface area contributed by atoms with Crippen LogP contribution >= 0.6 is 0 Å². The monoisotopic (exact) mass is 413 g/mol. The third-order valence-corrected chi connectivity index (χ3v) is 5.59. The van der Waals surface area contributed by atoms with Gasteiger partial charge in [-0.15, -0.1) is 0 Å². The number of rotatable bonds is 21. The largest absolute Gasteiger partial charge is 0.370 e. The molecule has 0 aromatic heterocycles. The molecule has 1 rings (SSSR count). The minimum absolute atomic E-state index is 0.0957. The summed E-state index contributed by atoms with van der Waals surface area (Å²) in [7, 11) is 0. The predicted octanol–water partition coefficient (Wildman–Crippen LogP) is 5.75. The van der Waals surface area contributed by atoms with Crippen LogP contribution in [-0.4, -0.2) is 44.2 Å². The Hall–Kier alpha value is -0.650. The summed E-state index contributed by atoms with van der Waals surface area (Å²) in [6.45, 7) is 7.74. The van der Waals surface area contributed by atoms with Crippen molar-refractivity contribution in [2.45, 2.75) is 129 Å². The van der Waals surface area contributed by atoms with Gasteiger partial charge < -0.3 is 19.5 Å². The minimum atomic E-state index is -0.330. The number of hydrogen-bond donors (Lipinski definition) is 1. The molecule has 0 spiro atoms. The minimum Gasteiger partial charge on any atom is -0.370 e. The lowest BCUT2D eigenvalue weighted by molar-refractivity contribution is -0.140.